The average molecular weight is 406 g/mol. The number of nitrogens with one attached hydrogen (secondary N) is 1. The summed E-state index contributed by atoms with van der Waals surface area (Å²) < 4.78 is 10.7. The van der Waals surface area contributed by atoms with Crippen LogP contribution in [0.25, 0.3) is 11.4 Å². The zero-order chi connectivity index (χ0) is 20.9. The van der Waals surface area contributed by atoms with Gasteiger partial charge < -0.3 is 14.4 Å². The Labute approximate surface area is 176 Å². The maximum absolute atomic E-state index is 13.0. The van der Waals surface area contributed by atoms with Crippen LogP contribution in [0.1, 0.15) is 17.3 Å². The van der Waals surface area contributed by atoms with Crippen molar-refractivity contribution in [3.63, 3.8) is 0 Å². The molecule has 4 rings (SSSR count). The van der Waals surface area contributed by atoms with Crippen LogP contribution in [0.2, 0.25) is 0 Å². The number of ether oxygens (including phenoxy) is 2. The lowest BCUT2D eigenvalue weighted by atomic mass is 9.96. The minimum Gasteiger partial charge on any atom is -0.497 e. The highest BCUT2D eigenvalue weighted by molar-refractivity contribution is 5.79. The maximum Gasteiger partial charge on any atom is 0.227 e. The molecule has 2 aromatic carbocycles. The van der Waals surface area contributed by atoms with Crippen LogP contribution in [-0.2, 0) is 16.0 Å². The minimum atomic E-state index is 0.0594. The highest BCUT2D eigenvalue weighted by Gasteiger charge is 2.38. The largest absolute Gasteiger partial charge is 0.497 e. The zero-order valence-corrected chi connectivity index (χ0v) is 17.2. The molecule has 0 aliphatic carbocycles. The third-order valence-corrected chi connectivity index (χ3v) is 5.55. The van der Waals surface area contributed by atoms with E-state index in [4.69, 9.17) is 14.5 Å². The van der Waals surface area contributed by atoms with Crippen LogP contribution < -0.4 is 4.74 Å². The summed E-state index contributed by atoms with van der Waals surface area (Å²) in [4.78, 5) is 19.6. The lowest BCUT2D eigenvalue weighted by molar-refractivity contribution is -0.129. The predicted octanol–water partition coefficient (Wildman–Crippen LogP) is 2.91. The van der Waals surface area contributed by atoms with Crippen LogP contribution in [0.3, 0.4) is 0 Å². The fourth-order valence-electron chi connectivity index (χ4n) is 3.99. The van der Waals surface area contributed by atoms with Crippen molar-refractivity contribution in [2.45, 2.75) is 12.3 Å². The molecule has 2 unspecified atom stereocenters. The smallest absolute Gasteiger partial charge is 0.227 e. The Hall–Kier alpha value is -3.19. The van der Waals surface area contributed by atoms with Crippen LogP contribution in [0.15, 0.2) is 54.6 Å². The number of aromatic amines is 1. The van der Waals surface area contributed by atoms with Crippen LogP contribution in [-0.4, -0.2) is 59.9 Å². The minimum absolute atomic E-state index is 0.0594. The summed E-state index contributed by atoms with van der Waals surface area (Å²) in [5.41, 5.74) is 1.91. The first-order valence-electron chi connectivity index (χ1n) is 10.0. The Morgan fingerprint density at radius 2 is 1.97 bits per heavy atom. The standard InChI is InChI=1S/C23H26N4O3/c1-29-15-18-13-27(21(28)12-16-7-6-10-19(11-16)30-2)14-20(18)23-24-22(25-26-23)17-8-4-3-5-9-17/h3-11,18,20H,12-15H2,1-2H3,(H,24,25,26). The second-order valence-electron chi connectivity index (χ2n) is 7.56. The lowest BCUT2D eigenvalue weighted by Crippen LogP contribution is -2.30. The van der Waals surface area contributed by atoms with Crippen molar-refractivity contribution in [2.24, 2.45) is 5.92 Å². The Bertz CT molecular complexity index is 989. The molecular weight excluding hydrogens is 380 g/mol. The average Bonchev–Trinajstić information content (AvgIpc) is 3.42. The number of amides is 1. The van der Waals surface area contributed by atoms with Gasteiger partial charge in [0, 0.05) is 37.6 Å². The molecular formula is C23H26N4O3. The summed E-state index contributed by atoms with van der Waals surface area (Å²) in [7, 11) is 3.32. The van der Waals surface area contributed by atoms with Crippen LogP contribution in [0.5, 0.6) is 5.75 Å². The third-order valence-electron chi connectivity index (χ3n) is 5.55. The molecule has 3 aromatic rings. The van der Waals surface area contributed by atoms with Gasteiger partial charge in [-0.05, 0) is 17.7 Å². The predicted molar refractivity (Wildman–Crippen MR) is 113 cm³/mol. The van der Waals surface area contributed by atoms with E-state index in [0.29, 0.717) is 31.9 Å². The Morgan fingerprint density at radius 3 is 2.73 bits per heavy atom. The highest BCUT2D eigenvalue weighted by atomic mass is 16.5. The molecule has 0 saturated carbocycles. The Balaban J connectivity index is 1.49. The van der Waals surface area contributed by atoms with Crippen molar-refractivity contribution in [3.8, 4) is 17.1 Å². The van der Waals surface area contributed by atoms with Gasteiger partial charge in [-0.1, -0.05) is 42.5 Å². The molecule has 156 valence electrons. The van der Waals surface area contributed by atoms with Gasteiger partial charge in [0.2, 0.25) is 5.91 Å². The van der Waals surface area contributed by atoms with Crippen molar-refractivity contribution < 1.29 is 14.3 Å². The lowest BCUT2D eigenvalue weighted by Gasteiger charge is -2.16. The van der Waals surface area contributed by atoms with Gasteiger partial charge in [0.05, 0.1) is 20.1 Å². The number of aromatic nitrogens is 3. The molecule has 7 nitrogen and oxygen atoms in total. The zero-order valence-electron chi connectivity index (χ0n) is 17.2. The van der Waals surface area contributed by atoms with Gasteiger partial charge >= 0.3 is 0 Å². The maximum atomic E-state index is 13.0. The summed E-state index contributed by atoms with van der Waals surface area (Å²) in [5, 5.41) is 7.48. The van der Waals surface area contributed by atoms with Gasteiger partial charge in [0.1, 0.15) is 11.6 Å². The van der Waals surface area contributed by atoms with E-state index in [1.54, 1.807) is 14.2 Å². The third kappa shape index (κ3) is 4.36. The number of hydrogen-bond donors (Lipinski definition) is 1. The fourth-order valence-corrected chi connectivity index (χ4v) is 3.99. The number of rotatable bonds is 7. The van der Waals surface area contributed by atoms with E-state index < -0.39 is 0 Å². The number of methoxy groups -OCH3 is 2. The van der Waals surface area contributed by atoms with E-state index in [-0.39, 0.29) is 17.7 Å². The number of carbonyl (C=O) groups excluding carboxylic acids is 1. The summed E-state index contributed by atoms with van der Waals surface area (Å²) >= 11 is 0. The molecule has 2 heterocycles. The molecule has 0 radical (unpaired) electrons. The number of likely N-dealkylation sites (tertiary alicyclic amines) is 1. The summed E-state index contributed by atoms with van der Waals surface area (Å²) in [6.45, 7) is 1.80. The molecule has 30 heavy (non-hydrogen) atoms. The molecule has 1 N–H and O–H groups in total. The molecule has 7 heteroatoms. The molecule has 1 amide bonds. The second kappa shape index (κ2) is 9.09. The van der Waals surface area contributed by atoms with Gasteiger partial charge in [0.25, 0.3) is 0 Å². The number of H-pyrrole nitrogens is 1. The van der Waals surface area contributed by atoms with Gasteiger partial charge in [-0.2, -0.15) is 5.10 Å². The molecule has 0 spiro atoms. The topological polar surface area (TPSA) is 80.3 Å². The summed E-state index contributed by atoms with van der Waals surface area (Å²) in [6.07, 6.45) is 0.343. The molecule has 1 saturated heterocycles. The van der Waals surface area contributed by atoms with Gasteiger partial charge in [-0.3, -0.25) is 9.89 Å². The van der Waals surface area contributed by atoms with Gasteiger partial charge in [0.15, 0.2) is 5.82 Å². The van der Waals surface area contributed by atoms with E-state index in [1.165, 1.54) is 0 Å². The summed E-state index contributed by atoms with van der Waals surface area (Å²) in [6, 6.07) is 17.5. The first kappa shape index (κ1) is 20.1. The number of hydrogen-bond acceptors (Lipinski definition) is 5. The molecule has 0 bridgehead atoms. The Morgan fingerprint density at radius 1 is 1.13 bits per heavy atom. The quantitative estimate of drug-likeness (QED) is 0.653. The molecule has 1 aliphatic heterocycles. The summed E-state index contributed by atoms with van der Waals surface area (Å²) in [5.74, 6) is 2.54. The van der Waals surface area contributed by atoms with Crippen LogP contribution in [0, 0.1) is 5.92 Å². The molecule has 2 atom stereocenters. The molecule has 1 aliphatic rings. The number of nitrogens with zero attached hydrogens (tertiary/aromatic N) is 3. The van der Waals surface area contributed by atoms with Crippen molar-refractivity contribution in [2.75, 3.05) is 33.9 Å². The first-order valence-corrected chi connectivity index (χ1v) is 10.0. The van der Waals surface area contributed by atoms with E-state index in [9.17, 15) is 4.79 Å². The SMILES string of the molecule is COCC1CN(C(=O)Cc2cccc(OC)c2)CC1c1nc(-c2ccccc2)n[nH]1. The van der Waals surface area contributed by atoms with Crippen molar-refractivity contribution in [3.05, 3.63) is 66.0 Å². The van der Waals surface area contributed by atoms with E-state index in [0.717, 1.165) is 22.7 Å². The van der Waals surface area contributed by atoms with Crippen LogP contribution >= 0.6 is 0 Å². The van der Waals surface area contributed by atoms with E-state index in [2.05, 4.69) is 10.2 Å². The highest BCUT2D eigenvalue weighted by Crippen LogP contribution is 2.32. The van der Waals surface area contributed by atoms with E-state index >= 15 is 0 Å². The number of benzene rings is 2. The van der Waals surface area contributed by atoms with Crippen LogP contribution in [0.4, 0.5) is 0 Å². The number of carbonyl (C=O) groups is 1. The van der Waals surface area contributed by atoms with Crippen molar-refractivity contribution >= 4 is 5.91 Å². The van der Waals surface area contributed by atoms with E-state index in [1.807, 2.05) is 59.5 Å². The normalized spacial score (nSPS) is 18.5. The fraction of sp³-hybridized carbons (Fsp3) is 0.348. The first-order chi connectivity index (χ1) is 14.7. The van der Waals surface area contributed by atoms with Gasteiger partial charge in [-0.25, -0.2) is 4.98 Å². The van der Waals surface area contributed by atoms with Crippen molar-refractivity contribution in [1.82, 2.24) is 20.1 Å². The van der Waals surface area contributed by atoms with Crippen molar-refractivity contribution in [1.29, 1.82) is 0 Å². The second-order valence-corrected chi connectivity index (χ2v) is 7.56. The molecule has 1 fully saturated rings. The molecule has 1 aromatic heterocycles. The Kier molecular flexibility index (Phi) is 6.09. The monoisotopic (exact) mass is 406 g/mol. The van der Waals surface area contributed by atoms with Gasteiger partial charge in [-0.15, -0.1) is 0 Å².